The van der Waals surface area contributed by atoms with Crippen LogP contribution in [-0.4, -0.2) is 53.4 Å². The van der Waals surface area contributed by atoms with Gasteiger partial charge in [-0.3, -0.25) is 4.79 Å². The summed E-state index contributed by atoms with van der Waals surface area (Å²) in [5.41, 5.74) is 0.643. The number of piperazine rings is 1. The molecular formula is C12H16BrN3O. The van der Waals surface area contributed by atoms with Gasteiger partial charge >= 0.3 is 0 Å². The van der Waals surface area contributed by atoms with Crippen LogP contribution in [0.5, 0.6) is 0 Å². The number of nitrogens with zero attached hydrogens (tertiary/aromatic N) is 3. The van der Waals surface area contributed by atoms with Gasteiger partial charge in [-0.25, -0.2) is 4.98 Å². The van der Waals surface area contributed by atoms with E-state index in [4.69, 9.17) is 0 Å². The van der Waals surface area contributed by atoms with Gasteiger partial charge in [-0.15, -0.1) is 0 Å². The van der Waals surface area contributed by atoms with Crippen LogP contribution in [0.1, 0.15) is 17.3 Å². The number of carbonyl (C=O) groups excluding carboxylic acids is 1. The number of hydrogen-bond acceptors (Lipinski definition) is 3. The van der Waals surface area contributed by atoms with Crippen LogP contribution in [-0.2, 0) is 0 Å². The van der Waals surface area contributed by atoms with Gasteiger partial charge in [0.1, 0.15) is 4.60 Å². The predicted molar refractivity (Wildman–Crippen MR) is 69.9 cm³/mol. The molecule has 0 N–H and O–H groups in total. The standard InChI is InChI=1S/C12H16BrN3O/c1-9-8-15(2)6-7-16(9)12(17)10-4-3-5-14-11(10)13/h3-5,9H,6-8H2,1-2H3. The third-order valence-corrected chi connectivity index (χ3v) is 3.71. The second-order valence-corrected chi connectivity index (χ2v) is 5.20. The van der Waals surface area contributed by atoms with Crippen molar-refractivity contribution in [3.63, 3.8) is 0 Å². The summed E-state index contributed by atoms with van der Waals surface area (Å²) in [6.45, 7) is 4.70. The maximum atomic E-state index is 12.4. The first-order valence-electron chi connectivity index (χ1n) is 5.69. The Bertz CT molecular complexity index is 424. The molecule has 1 amide bonds. The molecule has 0 spiro atoms. The highest BCUT2D eigenvalue weighted by Gasteiger charge is 2.27. The maximum Gasteiger partial charge on any atom is 0.256 e. The third-order valence-electron chi connectivity index (χ3n) is 3.08. The van der Waals surface area contributed by atoms with E-state index >= 15 is 0 Å². The van der Waals surface area contributed by atoms with Crippen molar-refractivity contribution in [2.75, 3.05) is 26.7 Å². The summed E-state index contributed by atoms with van der Waals surface area (Å²) in [6, 6.07) is 3.84. The van der Waals surface area contributed by atoms with Crippen molar-refractivity contribution in [3.05, 3.63) is 28.5 Å². The molecular weight excluding hydrogens is 282 g/mol. The molecule has 1 saturated heterocycles. The van der Waals surface area contributed by atoms with Crippen molar-refractivity contribution in [1.29, 1.82) is 0 Å². The highest BCUT2D eigenvalue weighted by molar-refractivity contribution is 9.10. The Balaban J connectivity index is 2.18. The average molecular weight is 298 g/mol. The van der Waals surface area contributed by atoms with Gasteiger partial charge in [0.25, 0.3) is 5.91 Å². The number of pyridine rings is 1. The molecule has 2 heterocycles. The maximum absolute atomic E-state index is 12.4. The molecule has 1 atom stereocenters. The summed E-state index contributed by atoms with van der Waals surface area (Å²) in [6.07, 6.45) is 1.67. The molecule has 1 aliphatic rings. The molecule has 0 bridgehead atoms. The van der Waals surface area contributed by atoms with Crippen LogP contribution in [0.2, 0.25) is 0 Å². The van der Waals surface area contributed by atoms with E-state index in [9.17, 15) is 4.79 Å². The van der Waals surface area contributed by atoms with Crippen LogP contribution in [0, 0.1) is 0 Å². The predicted octanol–water partition coefficient (Wildman–Crippen LogP) is 1.62. The molecule has 5 heteroatoms. The van der Waals surface area contributed by atoms with Gasteiger partial charge in [-0.1, -0.05) is 0 Å². The third kappa shape index (κ3) is 2.66. The Morgan fingerprint density at radius 2 is 2.29 bits per heavy atom. The Kier molecular flexibility index (Phi) is 3.79. The van der Waals surface area contributed by atoms with Crippen LogP contribution in [0.25, 0.3) is 0 Å². The molecule has 2 rings (SSSR count). The number of carbonyl (C=O) groups is 1. The molecule has 4 nitrogen and oxygen atoms in total. The molecule has 1 fully saturated rings. The number of rotatable bonds is 1. The smallest absolute Gasteiger partial charge is 0.256 e. The van der Waals surface area contributed by atoms with Crippen LogP contribution >= 0.6 is 15.9 Å². The quantitative estimate of drug-likeness (QED) is 0.739. The lowest BCUT2D eigenvalue weighted by Gasteiger charge is -2.38. The Morgan fingerprint density at radius 3 is 2.94 bits per heavy atom. The van der Waals surface area contributed by atoms with E-state index in [-0.39, 0.29) is 11.9 Å². The lowest BCUT2D eigenvalue weighted by atomic mass is 10.1. The summed E-state index contributed by atoms with van der Waals surface area (Å²) < 4.78 is 0.621. The molecule has 0 saturated carbocycles. The zero-order valence-corrected chi connectivity index (χ0v) is 11.6. The lowest BCUT2D eigenvalue weighted by molar-refractivity contribution is 0.0532. The summed E-state index contributed by atoms with van der Waals surface area (Å²) in [5.74, 6) is 0.0607. The van der Waals surface area contributed by atoms with Crippen molar-refractivity contribution < 1.29 is 4.79 Å². The van der Waals surface area contributed by atoms with E-state index in [0.29, 0.717) is 10.2 Å². The Labute approximate surface area is 110 Å². The van der Waals surface area contributed by atoms with Crippen molar-refractivity contribution in [3.8, 4) is 0 Å². The number of hydrogen-bond donors (Lipinski definition) is 0. The highest BCUT2D eigenvalue weighted by atomic mass is 79.9. The normalized spacial score (nSPS) is 21.6. The number of aromatic nitrogens is 1. The van der Waals surface area contributed by atoms with Gasteiger partial charge in [0.05, 0.1) is 5.56 Å². The second kappa shape index (κ2) is 5.14. The van der Waals surface area contributed by atoms with Gasteiger partial charge in [0, 0.05) is 31.9 Å². The van der Waals surface area contributed by atoms with Gasteiger partial charge in [-0.2, -0.15) is 0 Å². The molecule has 0 aromatic carbocycles. The molecule has 92 valence electrons. The molecule has 0 aliphatic carbocycles. The van der Waals surface area contributed by atoms with E-state index in [1.807, 2.05) is 11.0 Å². The monoisotopic (exact) mass is 297 g/mol. The first-order valence-corrected chi connectivity index (χ1v) is 6.49. The van der Waals surface area contributed by atoms with Gasteiger partial charge in [-0.05, 0) is 42.0 Å². The Morgan fingerprint density at radius 1 is 1.53 bits per heavy atom. The zero-order valence-electron chi connectivity index (χ0n) is 10.1. The van der Waals surface area contributed by atoms with E-state index in [1.165, 1.54) is 0 Å². The summed E-state index contributed by atoms with van der Waals surface area (Å²) in [7, 11) is 2.08. The van der Waals surface area contributed by atoms with E-state index in [1.54, 1.807) is 12.3 Å². The molecule has 17 heavy (non-hydrogen) atoms. The SMILES string of the molecule is CC1CN(C)CCN1C(=O)c1cccnc1Br. The summed E-state index contributed by atoms with van der Waals surface area (Å²) in [4.78, 5) is 20.6. The molecule has 1 aromatic rings. The lowest BCUT2D eigenvalue weighted by Crippen LogP contribution is -2.52. The minimum atomic E-state index is 0.0607. The van der Waals surface area contributed by atoms with Gasteiger partial charge in [0.15, 0.2) is 0 Å². The molecule has 1 unspecified atom stereocenters. The molecule has 1 aliphatic heterocycles. The topological polar surface area (TPSA) is 36.4 Å². The number of halogens is 1. The summed E-state index contributed by atoms with van der Waals surface area (Å²) in [5, 5.41) is 0. The van der Waals surface area contributed by atoms with Crippen molar-refractivity contribution in [1.82, 2.24) is 14.8 Å². The second-order valence-electron chi connectivity index (χ2n) is 4.45. The van der Waals surface area contributed by atoms with Crippen molar-refractivity contribution >= 4 is 21.8 Å². The highest BCUT2D eigenvalue weighted by Crippen LogP contribution is 2.18. The van der Waals surface area contributed by atoms with Gasteiger partial charge in [0.2, 0.25) is 0 Å². The van der Waals surface area contributed by atoms with E-state index in [0.717, 1.165) is 19.6 Å². The number of likely N-dealkylation sites (N-methyl/N-ethyl adjacent to an activating group) is 1. The van der Waals surface area contributed by atoms with Crippen LogP contribution < -0.4 is 0 Å². The zero-order chi connectivity index (χ0) is 12.4. The minimum absolute atomic E-state index is 0.0607. The average Bonchev–Trinajstić information content (AvgIpc) is 2.29. The first kappa shape index (κ1) is 12.5. The van der Waals surface area contributed by atoms with E-state index < -0.39 is 0 Å². The fourth-order valence-corrected chi connectivity index (χ4v) is 2.56. The largest absolute Gasteiger partial charge is 0.333 e. The molecule has 1 aromatic heterocycles. The van der Waals surface area contributed by atoms with Crippen LogP contribution in [0.4, 0.5) is 0 Å². The number of amides is 1. The van der Waals surface area contributed by atoms with Gasteiger partial charge < -0.3 is 9.80 Å². The van der Waals surface area contributed by atoms with Crippen LogP contribution in [0.15, 0.2) is 22.9 Å². The van der Waals surface area contributed by atoms with Crippen molar-refractivity contribution in [2.24, 2.45) is 0 Å². The Hall–Kier alpha value is -0.940. The first-order chi connectivity index (χ1) is 8.09. The fraction of sp³-hybridized carbons (Fsp3) is 0.500. The fourth-order valence-electron chi connectivity index (χ4n) is 2.14. The van der Waals surface area contributed by atoms with Crippen LogP contribution in [0.3, 0.4) is 0 Å². The molecule has 0 radical (unpaired) electrons. The van der Waals surface area contributed by atoms with Crippen molar-refractivity contribution in [2.45, 2.75) is 13.0 Å². The van der Waals surface area contributed by atoms with E-state index in [2.05, 4.69) is 39.8 Å². The summed E-state index contributed by atoms with van der Waals surface area (Å²) >= 11 is 3.33. The minimum Gasteiger partial charge on any atom is -0.333 e.